The lowest BCUT2D eigenvalue weighted by molar-refractivity contribution is 0.0925. The van der Waals surface area contributed by atoms with Crippen LogP contribution in [0.4, 0.5) is 11.4 Å². The molecule has 0 spiro atoms. The van der Waals surface area contributed by atoms with Crippen molar-refractivity contribution in [3.63, 3.8) is 0 Å². The maximum atomic E-state index is 12.2. The molecule has 4 heteroatoms. The van der Waals surface area contributed by atoms with E-state index in [4.69, 9.17) is 0 Å². The summed E-state index contributed by atoms with van der Waals surface area (Å²) in [6.07, 6.45) is 0. The Labute approximate surface area is 121 Å². The van der Waals surface area contributed by atoms with Crippen LogP contribution >= 0.6 is 0 Å². The molecule has 4 nitrogen and oxygen atoms in total. The molecule has 1 aliphatic rings. The van der Waals surface area contributed by atoms with E-state index in [1.165, 1.54) is 0 Å². The Kier molecular flexibility index (Phi) is 4.21. The lowest BCUT2D eigenvalue weighted by Crippen LogP contribution is -2.37. The van der Waals surface area contributed by atoms with E-state index in [0.717, 1.165) is 24.5 Å². The van der Waals surface area contributed by atoms with Crippen molar-refractivity contribution in [2.24, 2.45) is 11.3 Å². The van der Waals surface area contributed by atoms with E-state index in [-0.39, 0.29) is 11.3 Å². The number of carbonyl (C=O) groups is 1. The average molecular weight is 275 g/mol. The van der Waals surface area contributed by atoms with Gasteiger partial charge in [-0.05, 0) is 29.5 Å². The van der Waals surface area contributed by atoms with Crippen molar-refractivity contribution in [3.05, 3.63) is 23.8 Å². The molecule has 0 saturated heterocycles. The largest absolute Gasteiger partial charge is 0.382 e. The van der Waals surface area contributed by atoms with Crippen LogP contribution in [0.2, 0.25) is 0 Å². The summed E-state index contributed by atoms with van der Waals surface area (Å²) in [5.41, 5.74) is 2.88. The summed E-state index contributed by atoms with van der Waals surface area (Å²) >= 11 is 0. The Morgan fingerprint density at radius 1 is 1.25 bits per heavy atom. The number of hydrogen-bond acceptors (Lipinski definition) is 3. The monoisotopic (exact) mass is 275 g/mol. The number of nitrogens with one attached hydrogen (secondary N) is 3. The molecular weight excluding hydrogens is 250 g/mol. The van der Waals surface area contributed by atoms with Gasteiger partial charge in [0.2, 0.25) is 0 Å². The second-order valence-electron chi connectivity index (χ2n) is 6.44. The highest BCUT2D eigenvalue weighted by molar-refractivity contribution is 5.96. The Hall–Kier alpha value is -1.71. The predicted octanol–water partition coefficient (Wildman–Crippen LogP) is 2.94. The second kappa shape index (κ2) is 5.73. The zero-order chi connectivity index (χ0) is 14.8. The smallest absolute Gasteiger partial charge is 0.251 e. The summed E-state index contributed by atoms with van der Waals surface area (Å²) in [5.74, 6) is 0.520. The fourth-order valence-electron chi connectivity index (χ4n) is 1.99. The summed E-state index contributed by atoms with van der Waals surface area (Å²) in [7, 11) is 0. The molecule has 110 valence electrons. The van der Waals surface area contributed by atoms with Gasteiger partial charge in [0.15, 0.2) is 0 Å². The number of benzene rings is 1. The van der Waals surface area contributed by atoms with Crippen molar-refractivity contribution >= 4 is 17.3 Å². The van der Waals surface area contributed by atoms with Gasteiger partial charge in [-0.25, -0.2) is 0 Å². The van der Waals surface area contributed by atoms with Crippen molar-refractivity contribution in [3.8, 4) is 0 Å². The molecule has 0 fully saturated rings. The fourth-order valence-corrected chi connectivity index (χ4v) is 1.99. The van der Waals surface area contributed by atoms with E-state index in [1.54, 1.807) is 0 Å². The van der Waals surface area contributed by atoms with Crippen molar-refractivity contribution in [1.82, 2.24) is 5.32 Å². The van der Waals surface area contributed by atoms with E-state index < -0.39 is 0 Å². The Morgan fingerprint density at radius 3 is 2.55 bits per heavy atom. The van der Waals surface area contributed by atoms with Crippen molar-refractivity contribution in [2.45, 2.75) is 27.7 Å². The molecule has 1 amide bonds. The van der Waals surface area contributed by atoms with Crippen LogP contribution in [-0.4, -0.2) is 25.5 Å². The predicted molar refractivity (Wildman–Crippen MR) is 84.4 cm³/mol. The minimum absolute atomic E-state index is 0.00565. The third-order valence-electron chi connectivity index (χ3n) is 4.31. The molecule has 1 aliphatic heterocycles. The molecule has 0 unspecified atom stereocenters. The van der Waals surface area contributed by atoms with E-state index in [1.807, 2.05) is 18.2 Å². The van der Waals surface area contributed by atoms with Crippen LogP contribution in [0.25, 0.3) is 0 Å². The third kappa shape index (κ3) is 3.24. The van der Waals surface area contributed by atoms with Crippen LogP contribution in [0.3, 0.4) is 0 Å². The van der Waals surface area contributed by atoms with E-state index >= 15 is 0 Å². The number of anilines is 2. The Bertz CT molecular complexity index is 494. The summed E-state index contributed by atoms with van der Waals surface area (Å²) < 4.78 is 0. The van der Waals surface area contributed by atoms with Gasteiger partial charge in [-0.15, -0.1) is 0 Å². The van der Waals surface area contributed by atoms with Gasteiger partial charge in [0, 0.05) is 25.2 Å². The molecule has 20 heavy (non-hydrogen) atoms. The molecule has 1 aromatic rings. The lowest BCUT2D eigenvalue weighted by Gasteiger charge is -2.29. The number of carbonyl (C=O) groups excluding carboxylic acids is 1. The molecule has 0 saturated carbocycles. The number of fused-ring (bicyclic) bond motifs is 1. The zero-order valence-electron chi connectivity index (χ0n) is 12.8. The van der Waals surface area contributed by atoms with E-state index in [0.29, 0.717) is 18.0 Å². The van der Waals surface area contributed by atoms with Gasteiger partial charge in [-0.3, -0.25) is 4.79 Å². The Morgan fingerprint density at radius 2 is 1.90 bits per heavy atom. The number of hydrogen-bond donors (Lipinski definition) is 3. The third-order valence-corrected chi connectivity index (χ3v) is 4.31. The van der Waals surface area contributed by atoms with Crippen molar-refractivity contribution in [1.29, 1.82) is 0 Å². The molecule has 1 aromatic carbocycles. The first-order chi connectivity index (χ1) is 9.40. The first-order valence-corrected chi connectivity index (χ1v) is 7.30. The number of rotatable bonds is 4. The topological polar surface area (TPSA) is 53.2 Å². The minimum atomic E-state index is -0.00565. The molecular formula is C16H25N3O. The lowest BCUT2D eigenvalue weighted by atomic mass is 9.81. The molecule has 0 bridgehead atoms. The van der Waals surface area contributed by atoms with Crippen LogP contribution < -0.4 is 16.0 Å². The molecule has 0 aliphatic carbocycles. The van der Waals surface area contributed by atoms with Crippen LogP contribution in [0.1, 0.15) is 38.1 Å². The van der Waals surface area contributed by atoms with E-state index in [9.17, 15) is 4.79 Å². The van der Waals surface area contributed by atoms with Gasteiger partial charge in [0.25, 0.3) is 5.91 Å². The van der Waals surface area contributed by atoms with Gasteiger partial charge in [0.05, 0.1) is 11.4 Å². The summed E-state index contributed by atoms with van der Waals surface area (Å²) in [4.78, 5) is 12.2. The fraction of sp³-hybridized carbons (Fsp3) is 0.562. The summed E-state index contributed by atoms with van der Waals surface area (Å²) in [6, 6.07) is 5.75. The molecule has 3 N–H and O–H groups in total. The van der Waals surface area contributed by atoms with Crippen molar-refractivity contribution in [2.75, 3.05) is 30.3 Å². The highest BCUT2D eigenvalue weighted by Crippen LogP contribution is 2.26. The molecule has 0 radical (unpaired) electrons. The van der Waals surface area contributed by atoms with Gasteiger partial charge >= 0.3 is 0 Å². The normalized spacial score (nSPS) is 14.2. The molecule has 0 aromatic heterocycles. The SMILES string of the molecule is CC(C)C(C)(C)CNC(=O)c1ccc2c(c1)NCCN2. The van der Waals surface area contributed by atoms with Gasteiger partial charge in [-0.1, -0.05) is 27.7 Å². The highest BCUT2D eigenvalue weighted by atomic mass is 16.1. The van der Waals surface area contributed by atoms with Gasteiger partial charge in [-0.2, -0.15) is 0 Å². The highest BCUT2D eigenvalue weighted by Gasteiger charge is 2.23. The summed E-state index contributed by atoms with van der Waals surface area (Å²) in [5, 5.41) is 9.65. The van der Waals surface area contributed by atoms with Gasteiger partial charge < -0.3 is 16.0 Å². The standard InChI is InChI=1S/C16H25N3O/c1-11(2)16(3,4)10-19-15(20)12-5-6-13-14(9-12)18-8-7-17-13/h5-6,9,11,17-18H,7-8,10H2,1-4H3,(H,19,20). The van der Waals surface area contributed by atoms with E-state index in [2.05, 4.69) is 43.6 Å². The maximum Gasteiger partial charge on any atom is 0.251 e. The van der Waals surface area contributed by atoms with Crippen LogP contribution in [0, 0.1) is 11.3 Å². The van der Waals surface area contributed by atoms with Crippen molar-refractivity contribution < 1.29 is 4.79 Å². The Balaban J connectivity index is 2.03. The second-order valence-corrected chi connectivity index (χ2v) is 6.44. The van der Waals surface area contributed by atoms with Crippen LogP contribution in [-0.2, 0) is 0 Å². The van der Waals surface area contributed by atoms with Crippen LogP contribution in [0.5, 0.6) is 0 Å². The molecule has 0 atom stereocenters. The maximum absolute atomic E-state index is 12.2. The summed E-state index contributed by atoms with van der Waals surface area (Å²) in [6.45, 7) is 11.2. The first kappa shape index (κ1) is 14.7. The minimum Gasteiger partial charge on any atom is -0.382 e. The first-order valence-electron chi connectivity index (χ1n) is 7.30. The number of amides is 1. The molecule has 1 heterocycles. The molecule has 2 rings (SSSR count). The van der Waals surface area contributed by atoms with Gasteiger partial charge in [0.1, 0.15) is 0 Å². The zero-order valence-corrected chi connectivity index (χ0v) is 12.8. The van der Waals surface area contributed by atoms with Crippen LogP contribution in [0.15, 0.2) is 18.2 Å². The average Bonchev–Trinajstić information content (AvgIpc) is 2.44. The quantitative estimate of drug-likeness (QED) is 0.792.